The number of hydrogen-bond acceptors (Lipinski definition) is 6. The quantitative estimate of drug-likeness (QED) is 0.545. The zero-order chi connectivity index (χ0) is 19.6. The molecule has 0 spiro atoms. The summed E-state index contributed by atoms with van der Waals surface area (Å²) in [6.45, 7) is 2.07. The van der Waals surface area contributed by atoms with E-state index >= 15 is 0 Å². The van der Waals surface area contributed by atoms with Crippen LogP contribution in [0.4, 0.5) is 9.59 Å². The van der Waals surface area contributed by atoms with Gasteiger partial charge in [0.15, 0.2) is 6.10 Å². The van der Waals surface area contributed by atoms with Crippen LogP contribution in [-0.4, -0.2) is 65.4 Å². The van der Waals surface area contributed by atoms with Gasteiger partial charge in [-0.15, -0.1) is 0 Å². The van der Waals surface area contributed by atoms with Crippen molar-refractivity contribution in [1.82, 2.24) is 20.4 Å². The summed E-state index contributed by atoms with van der Waals surface area (Å²) >= 11 is 0. The van der Waals surface area contributed by atoms with Crippen molar-refractivity contribution in [2.45, 2.75) is 19.6 Å². The average molecular weight is 374 g/mol. The van der Waals surface area contributed by atoms with Crippen molar-refractivity contribution in [3.8, 4) is 0 Å². The third kappa shape index (κ3) is 3.89. The first-order chi connectivity index (χ1) is 12.9. The molecule has 0 aliphatic carbocycles. The Morgan fingerprint density at radius 3 is 2.37 bits per heavy atom. The molecule has 1 atom stereocenters. The monoisotopic (exact) mass is 374 g/mol. The number of amides is 6. The lowest BCUT2D eigenvalue weighted by Crippen LogP contribution is -2.41. The SMILES string of the molecule is C[C@@H](OC(=O)c1ccc(CN2C(=O)CNC2=O)cc1)C(=O)N1CCNC1=O. The number of carbonyl (C=O) groups excluding carboxylic acids is 5. The lowest BCUT2D eigenvalue weighted by molar-refractivity contribution is -0.136. The predicted octanol–water partition coefficient (Wildman–Crippen LogP) is -0.164. The van der Waals surface area contributed by atoms with Crippen LogP contribution in [0, 0.1) is 0 Å². The third-order valence-corrected chi connectivity index (χ3v) is 4.22. The fourth-order valence-electron chi connectivity index (χ4n) is 2.72. The van der Waals surface area contributed by atoms with E-state index in [4.69, 9.17) is 4.74 Å². The molecule has 2 N–H and O–H groups in total. The highest BCUT2D eigenvalue weighted by molar-refractivity contribution is 6.02. The largest absolute Gasteiger partial charge is 0.449 e. The van der Waals surface area contributed by atoms with Crippen LogP contribution in [0.15, 0.2) is 24.3 Å². The Bertz CT molecular complexity index is 790. The fourth-order valence-corrected chi connectivity index (χ4v) is 2.72. The molecule has 0 saturated carbocycles. The van der Waals surface area contributed by atoms with Crippen molar-refractivity contribution >= 4 is 29.8 Å². The fraction of sp³-hybridized carbons (Fsp3) is 0.353. The van der Waals surface area contributed by atoms with Gasteiger partial charge in [0.25, 0.3) is 5.91 Å². The number of esters is 1. The Hall–Kier alpha value is -3.43. The zero-order valence-corrected chi connectivity index (χ0v) is 14.6. The van der Waals surface area contributed by atoms with Crippen LogP contribution < -0.4 is 10.6 Å². The second kappa shape index (κ2) is 7.44. The molecule has 0 bridgehead atoms. The van der Waals surface area contributed by atoms with Gasteiger partial charge in [-0.2, -0.15) is 0 Å². The molecule has 142 valence electrons. The lowest BCUT2D eigenvalue weighted by Gasteiger charge is -2.18. The van der Waals surface area contributed by atoms with Crippen LogP contribution in [0.25, 0.3) is 0 Å². The standard InChI is InChI=1S/C17H18N4O6/c1-10(14(23)20-7-6-18-16(20)25)27-15(24)12-4-2-11(3-5-12)9-21-13(22)8-19-17(21)26/h2-5,10H,6-9H2,1H3,(H,18,25)(H,19,26)/t10-/m1/s1. The molecule has 2 heterocycles. The van der Waals surface area contributed by atoms with E-state index in [1.165, 1.54) is 19.1 Å². The molecular formula is C17H18N4O6. The zero-order valence-electron chi connectivity index (χ0n) is 14.6. The third-order valence-electron chi connectivity index (χ3n) is 4.22. The van der Waals surface area contributed by atoms with Gasteiger partial charge in [-0.1, -0.05) is 12.1 Å². The first-order valence-electron chi connectivity index (χ1n) is 8.34. The van der Waals surface area contributed by atoms with Gasteiger partial charge in [0.1, 0.15) is 0 Å². The maximum atomic E-state index is 12.2. The van der Waals surface area contributed by atoms with Gasteiger partial charge in [-0.25, -0.2) is 14.4 Å². The van der Waals surface area contributed by atoms with Crippen LogP contribution >= 0.6 is 0 Å². The number of rotatable bonds is 5. The van der Waals surface area contributed by atoms with Crippen molar-refractivity contribution in [3.05, 3.63) is 35.4 Å². The van der Waals surface area contributed by atoms with E-state index in [1.54, 1.807) is 12.1 Å². The summed E-state index contributed by atoms with van der Waals surface area (Å²) in [4.78, 5) is 61.0. The van der Waals surface area contributed by atoms with Crippen LogP contribution in [0.2, 0.25) is 0 Å². The van der Waals surface area contributed by atoms with Crippen LogP contribution in [0.3, 0.4) is 0 Å². The van der Waals surface area contributed by atoms with Crippen molar-refractivity contribution in [3.63, 3.8) is 0 Å². The summed E-state index contributed by atoms with van der Waals surface area (Å²) in [5.74, 6) is -1.62. The molecule has 2 aliphatic rings. The lowest BCUT2D eigenvalue weighted by atomic mass is 10.1. The van der Waals surface area contributed by atoms with Crippen molar-refractivity contribution in [1.29, 1.82) is 0 Å². The van der Waals surface area contributed by atoms with Gasteiger partial charge in [0.2, 0.25) is 5.91 Å². The van der Waals surface area contributed by atoms with E-state index < -0.39 is 30.0 Å². The molecule has 27 heavy (non-hydrogen) atoms. The van der Waals surface area contributed by atoms with E-state index in [9.17, 15) is 24.0 Å². The summed E-state index contributed by atoms with van der Waals surface area (Å²) in [5.41, 5.74) is 0.872. The Morgan fingerprint density at radius 2 is 1.81 bits per heavy atom. The molecule has 0 aromatic heterocycles. The maximum absolute atomic E-state index is 12.2. The highest BCUT2D eigenvalue weighted by atomic mass is 16.5. The van der Waals surface area contributed by atoms with E-state index in [2.05, 4.69) is 10.6 Å². The summed E-state index contributed by atoms with van der Waals surface area (Å²) in [7, 11) is 0. The number of carbonyl (C=O) groups is 5. The second-order valence-corrected chi connectivity index (χ2v) is 6.10. The van der Waals surface area contributed by atoms with Crippen LogP contribution in [0.1, 0.15) is 22.8 Å². The topological polar surface area (TPSA) is 125 Å². The molecule has 10 nitrogen and oxygen atoms in total. The first kappa shape index (κ1) is 18.4. The molecular weight excluding hydrogens is 356 g/mol. The Labute approximate surface area is 154 Å². The van der Waals surface area contributed by atoms with Gasteiger partial charge < -0.3 is 15.4 Å². The van der Waals surface area contributed by atoms with Crippen LogP contribution in [0.5, 0.6) is 0 Å². The van der Waals surface area contributed by atoms with Crippen molar-refractivity contribution in [2.75, 3.05) is 19.6 Å². The minimum absolute atomic E-state index is 0.0236. The minimum atomic E-state index is -1.10. The number of benzene rings is 1. The molecule has 0 unspecified atom stereocenters. The maximum Gasteiger partial charge on any atom is 0.338 e. The summed E-state index contributed by atoms with van der Waals surface area (Å²) < 4.78 is 5.13. The van der Waals surface area contributed by atoms with Gasteiger partial charge in [-0.3, -0.25) is 19.4 Å². The highest BCUT2D eigenvalue weighted by Gasteiger charge is 2.32. The Kier molecular flexibility index (Phi) is 5.06. The van der Waals surface area contributed by atoms with Gasteiger partial charge in [-0.05, 0) is 24.6 Å². The minimum Gasteiger partial charge on any atom is -0.449 e. The van der Waals surface area contributed by atoms with Gasteiger partial charge in [0, 0.05) is 13.1 Å². The molecule has 1 aromatic rings. The molecule has 10 heteroatoms. The normalized spacial score (nSPS) is 17.6. The van der Waals surface area contributed by atoms with E-state index in [0.29, 0.717) is 12.1 Å². The summed E-state index contributed by atoms with van der Waals surface area (Å²) in [6.07, 6.45) is -1.10. The Balaban J connectivity index is 1.58. The summed E-state index contributed by atoms with van der Waals surface area (Å²) in [5, 5.41) is 4.93. The molecule has 0 radical (unpaired) electrons. The summed E-state index contributed by atoms with van der Waals surface area (Å²) in [6, 6.07) is 5.19. The molecule has 2 aliphatic heterocycles. The van der Waals surface area contributed by atoms with E-state index in [-0.39, 0.29) is 31.1 Å². The second-order valence-electron chi connectivity index (χ2n) is 6.10. The molecule has 2 fully saturated rings. The molecule has 2 saturated heterocycles. The Morgan fingerprint density at radius 1 is 1.11 bits per heavy atom. The first-order valence-corrected chi connectivity index (χ1v) is 8.34. The van der Waals surface area contributed by atoms with E-state index in [1.807, 2.05) is 0 Å². The number of imide groups is 2. The van der Waals surface area contributed by atoms with Crippen LogP contribution in [-0.2, 0) is 20.9 Å². The van der Waals surface area contributed by atoms with Gasteiger partial charge >= 0.3 is 18.0 Å². The number of nitrogens with one attached hydrogen (secondary N) is 2. The van der Waals surface area contributed by atoms with Crippen molar-refractivity contribution in [2.24, 2.45) is 0 Å². The number of ether oxygens (including phenoxy) is 1. The molecule has 6 amide bonds. The highest BCUT2D eigenvalue weighted by Crippen LogP contribution is 2.13. The van der Waals surface area contributed by atoms with E-state index in [0.717, 1.165) is 9.80 Å². The number of nitrogens with zero attached hydrogens (tertiary/aromatic N) is 2. The smallest absolute Gasteiger partial charge is 0.338 e. The number of urea groups is 2. The number of hydrogen-bond donors (Lipinski definition) is 2. The van der Waals surface area contributed by atoms with Crippen molar-refractivity contribution < 1.29 is 28.7 Å². The average Bonchev–Trinajstić information content (AvgIpc) is 3.21. The molecule has 1 aromatic carbocycles. The van der Waals surface area contributed by atoms with Gasteiger partial charge in [0.05, 0.1) is 18.7 Å². The predicted molar refractivity (Wildman–Crippen MR) is 90.4 cm³/mol. The molecule has 3 rings (SSSR count).